The first-order valence-corrected chi connectivity index (χ1v) is 8.76. The number of benzene rings is 2. The number of anilines is 1. The van der Waals surface area contributed by atoms with Gasteiger partial charge >= 0.3 is 0 Å². The van der Waals surface area contributed by atoms with Gasteiger partial charge in [-0.05, 0) is 37.1 Å². The van der Waals surface area contributed by atoms with Crippen LogP contribution in [-0.4, -0.2) is 24.2 Å². The minimum absolute atomic E-state index is 0.121. The van der Waals surface area contributed by atoms with Crippen molar-refractivity contribution in [3.63, 3.8) is 0 Å². The second-order valence-electron chi connectivity index (χ2n) is 6.87. The highest BCUT2D eigenvalue weighted by atomic mass is 16.5. The summed E-state index contributed by atoms with van der Waals surface area (Å²) in [5.74, 6) is 1.83. The Morgan fingerprint density at radius 2 is 1.77 bits per heavy atom. The number of nitrogens with zero attached hydrogens (tertiary/aromatic N) is 3. The molecular weight excluding hydrogens is 322 g/mol. The highest BCUT2D eigenvalue weighted by Gasteiger charge is 2.31. The third kappa shape index (κ3) is 2.41. The quantitative estimate of drug-likeness (QED) is 0.661. The number of fused-ring (bicyclic) bond motifs is 1. The van der Waals surface area contributed by atoms with E-state index in [1.807, 2.05) is 13.8 Å². The van der Waals surface area contributed by atoms with E-state index >= 15 is 0 Å². The van der Waals surface area contributed by atoms with Crippen LogP contribution in [0.5, 0.6) is 0 Å². The molecule has 2 heterocycles. The molecule has 0 saturated heterocycles. The van der Waals surface area contributed by atoms with Crippen LogP contribution in [0.3, 0.4) is 0 Å². The third-order valence-corrected chi connectivity index (χ3v) is 5.30. The molecule has 3 aromatic rings. The summed E-state index contributed by atoms with van der Waals surface area (Å²) in [5.41, 5.74) is 6.81. The second-order valence-corrected chi connectivity index (χ2v) is 6.87. The molecule has 1 aliphatic heterocycles. The maximum absolute atomic E-state index is 5.38. The van der Waals surface area contributed by atoms with Gasteiger partial charge in [0.1, 0.15) is 11.6 Å². The molecule has 4 heteroatoms. The van der Waals surface area contributed by atoms with Crippen LogP contribution in [-0.2, 0) is 0 Å². The Morgan fingerprint density at radius 1 is 1.04 bits per heavy atom. The molecule has 0 amide bonds. The zero-order valence-electron chi connectivity index (χ0n) is 15.7. The molecule has 0 spiro atoms. The number of rotatable bonds is 2. The molecule has 1 aromatic heterocycles. The first kappa shape index (κ1) is 16.5. The van der Waals surface area contributed by atoms with Crippen molar-refractivity contribution in [1.29, 1.82) is 0 Å². The van der Waals surface area contributed by atoms with E-state index in [0.29, 0.717) is 0 Å². The van der Waals surface area contributed by atoms with Crippen LogP contribution in [0.1, 0.15) is 28.6 Å². The van der Waals surface area contributed by atoms with Crippen LogP contribution in [0.4, 0.5) is 5.69 Å². The van der Waals surface area contributed by atoms with Crippen molar-refractivity contribution in [3.8, 4) is 11.1 Å². The fourth-order valence-corrected chi connectivity index (χ4v) is 3.90. The maximum atomic E-state index is 5.38. The lowest BCUT2D eigenvalue weighted by Crippen LogP contribution is -2.38. The molecule has 0 bridgehead atoms. The Bertz CT molecular complexity index is 955. The van der Waals surface area contributed by atoms with Crippen molar-refractivity contribution >= 4 is 5.69 Å². The molecule has 0 aliphatic carbocycles. The number of aryl methyl sites for hydroxylation is 2. The van der Waals surface area contributed by atoms with Gasteiger partial charge < -0.3 is 14.3 Å². The monoisotopic (exact) mass is 345 g/mol. The first-order chi connectivity index (χ1) is 12.5. The lowest BCUT2D eigenvalue weighted by Gasteiger charge is -2.43. The minimum atomic E-state index is 0.121. The second kappa shape index (κ2) is 6.06. The van der Waals surface area contributed by atoms with Gasteiger partial charge in [-0.1, -0.05) is 48.1 Å². The van der Waals surface area contributed by atoms with Gasteiger partial charge in [-0.15, -0.1) is 0 Å². The van der Waals surface area contributed by atoms with Gasteiger partial charge in [0.25, 0.3) is 0 Å². The fraction of sp³-hybridized carbons (Fsp3) is 0.227. The summed E-state index contributed by atoms with van der Waals surface area (Å²) < 4.78 is 5.38. The van der Waals surface area contributed by atoms with E-state index in [9.17, 15) is 0 Å². The molecule has 0 N–H and O–H groups in total. The summed E-state index contributed by atoms with van der Waals surface area (Å²) >= 11 is 0. The van der Waals surface area contributed by atoms with Crippen LogP contribution >= 0.6 is 0 Å². The van der Waals surface area contributed by atoms with Gasteiger partial charge in [-0.3, -0.25) is 0 Å². The van der Waals surface area contributed by atoms with Gasteiger partial charge in [-0.25, -0.2) is 0 Å². The largest absolute Gasteiger partial charge is 0.361 e. The van der Waals surface area contributed by atoms with E-state index in [-0.39, 0.29) is 6.04 Å². The zero-order chi connectivity index (χ0) is 18.4. The van der Waals surface area contributed by atoms with E-state index in [1.165, 1.54) is 16.8 Å². The van der Waals surface area contributed by atoms with Crippen LogP contribution in [0.2, 0.25) is 0 Å². The molecule has 26 heavy (non-hydrogen) atoms. The summed E-state index contributed by atoms with van der Waals surface area (Å²) in [4.78, 5) is 4.38. The predicted molar refractivity (Wildman–Crippen MR) is 105 cm³/mol. The predicted octanol–water partition coefficient (Wildman–Crippen LogP) is 4.90. The molecule has 0 saturated carbocycles. The highest BCUT2D eigenvalue weighted by molar-refractivity contribution is 5.74. The summed E-state index contributed by atoms with van der Waals surface area (Å²) in [6, 6.07) is 17.3. The van der Waals surface area contributed by atoms with Crippen LogP contribution in [0, 0.1) is 13.8 Å². The van der Waals surface area contributed by atoms with E-state index in [4.69, 9.17) is 4.52 Å². The summed E-state index contributed by atoms with van der Waals surface area (Å²) in [6.45, 7) is 8.23. The number of hydrogen-bond acceptors (Lipinski definition) is 4. The van der Waals surface area contributed by atoms with Crippen molar-refractivity contribution in [2.75, 3.05) is 19.0 Å². The number of aromatic nitrogens is 1. The lowest BCUT2D eigenvalue weighted by atomic mass is 9.90. The van der Waals surface area contributed by atoms with Crippen molar-refractivity contribution in [1.82, 2.24) is 10.1 Å². The Hall–Kier alpha value is -3.01. The maximum Gasteiger partial charge on any atom is 0.141 e. The molecule has 132 valence electrons. The van der Waals surface area contributed by atoms with Gasteiger partial charge in [0, 0.05) is 30.9 Å². The highest BCUT2D eigenvalue weighted by Crippen LogP contribution is 2.43. The summed E-state index contributed by atoms with van der Waals surface area (Å²) in [5, 5.41) is 4.11. The molecule has 0 radical (unpaired) electrons. The van der Waals surface area contributed by atoms with Crippen molar-refractivity contribution in [3.05, 3.63) is 83.5 Å². The van der Waals surface area contributed by atoms with Gasteiger partial charge in [0.2, 0.25) is 0 Å². The van der Waals surface area contributed by atoms with Crippen molar-refractivity contribution in [2.24, 2.45) is 0 Å². The van der Waals surface area contributed by atoms with Crippen molar-refractivity contribution in [2.45, 2.75) is 19.9 Å². The minimum Gasteiger partial charge on any atom is -0.361 e. The average molecular weight is 345 g/mol. The standard InChI is InChI=1S/C22H23N3O/c1-14-21(15(2)26-23-14)18-11-12-20-19(13-18)22(17-9-7-6-8-10-17)25(5)16(3)24(20)4/h6-13,22H,3H2,1-2,4-5H3. The first-order valence-electron chi connectivity index (χ1n) is 8.76. The summed E-state index contributed by atoms with van der Waals surface area (Å²) in [7, 11) is 4.16. The zero-order valence-corrected chi connectivity index (χ0v) is 15.7. The van der Waals surface area contributed by atoms with Crippen LogP contribution in [0.25, 0.3) is 11.1 Å². The molecule has 4 rings (SSSR count). The molecular formula is C22H23N3O. The SMILES string of the molecule is C=C1N(C)c2ccc(-c3c(C)noc3C)cc2C(c2ccccc2)N1C. The summed E-state index contributed by atoms with van der Waals surface area (Å²) in [6.07, 6.45) is 0. The van der Waals surface area contributed by atoms with Crippen molar-refractivity contribution < 1.29 is 4.52 Å². The Balaban J connectivity index is 1.93. The van der Waals surface area contributed by atoms with Gasteiger partial charge in [0.05, 0.1) is 11.7 Å². The Kier molecular flexibility index (Phi) is 3.83. The van der Waals surface area contributed by atoms with Crippen LogP contribution < -0.4 is 4.90 Å². The van der Waals surface area contributed by atoms with Crippen LogP contribution in [0.15, 0.2) is 65.5 Å². The normalized spacial score (nSPS) is 16.8. The third-order valence-electron chi connectivity index (χ3n) is 5.30. The van der Waals surface area contributed by atoms with E-state index in [0.717, 1.165) is 28.4 Å². The van der Waals surface area contributed by atoms with Gasteiger partial charge in [-0.2, -0.15) is 0 Å². The fourth-order valence-electron chi connectivity index (χ4n) is 3.90. The molecule has 1 unspecified atom stereocenters. The molecule has 4 nitrogen and oxygen atoms in total. The Labute approximate surface area is 154 Å². The molecule has 2 aromatic carbocycles. The Morgan fingerprint density at radius 3 is 2.42 bits per heavy atom. The smallest absolute Gasteiger partial charge is 0.141 e. The van der Waals surface area contributed by atoms with E-state index < -0.39 is 0 Å². The number of hydrogen-bond donors (Lipinski definition) is 0. The van der Waals surface area contributed by atoms with E-state index in [2.05, 4.69) is 84.2 Å². The topological polar surface area (TPSA) is 32.5 Å². The van der Waals surface area contributed by atoms with E-state index in [1.54, 1.807) is 0 Å². The molecule has 1 aliphatic rings. The van der Waals surface area contributed by atoms with Gasteiger partial charge in [0.15, 0.2) is 0 Å². The lowest BCUT2D eigenvalue weighted by molar-refractivity contribution is 0.332. The molecule has 0 fully saturated rings. The molecule has 1 atom stereocenters. The average Bonchev–Trinajstić information content (AvgIpc) is 2.99.